The van der Waals surface area contributed by atoms with Gasteiger partial charge in [-0.05, 0) is 74.3 Å². The highest BCUT2D eigenvalue weighted by molar-refractivity contribution is 6.42. The van der Waals surface area contributed by atoms with Crippen LogP contribution >= 0.6 is 23.2 Å². The Bertz CT molecular complexity index is 1200. The molecule has 4 aromatic rings. The third-order valence-electron chi connectivity index (χ3n) is 6.32. The minimum absolute atomic E-state index is 0.402. The molecule has 1 saturated heterocycles. The Balaban J connectivity index is 1.34. The second-order valence-corrected chi connectivity index (χ2v) is 9.25. The number of halogens is 2. The predicted octanol–water partition coefficient (Wildman–Crippen LogP) is 6.26. The highest BCUT2D eigenvalue weighted by Crippen LogP contribution is 2.36. The number of rotatable bonds is 6. The number of piperidine rings is 1. The molecule has 0 unspecified atom stereocenters. The number of hydrogen-bond donors (Lipinski definition) is 1. The minimum atomic E-state index is 0.402. The van der Waals surface area contributed by atoms with Gasteiger partial charge in [0.2, 0.25) is 0 Å². The molecule has 0 bridgehead atoms. The zero-order chi connectivity index (χ0) is 22.6. The number of H-pyrrole nitrogens is 1. The number of pyridine rings is 2. The average Bonchev–Trinajstić information content (AvgIpc) is 3.31. The van der Waals surface area contributed by atoms with Gasteiger partial charge in [-0.25, -0.2) is 4.98 Å². The summed E-state index contributed by atoms with van der Waals surface area (Å²) in [6.07, 6.45) is 10.6. The molecule has 1 aromatic carbocycles. The monoisotopic (exact) mass is 477 g/mol. The molecule has 0 saturated carbocycles. The van der Waals surface area contributed by atoms with E-state index in [9.17, 15) is 0 Å². The lowest BCUT2D eigenvalue weighted by Gasteiger charge is -2.31. The van der Waals surface area contributed by atoms with Crippen LogP contribution < -0.4 is 0 Å². The number of benzene rings is 1. The number of hydrogen-bond acceptors (Lipinski definition) is 4. The van der Waals surface area contributed by atoms with Crippen molar-refractivity contribution in [1.29, 1.82) is 0 Å². The van der Waals surface area contributed by atoms with E-state index in [1.165, 1.54) is 5.56 Å². The lowest BCUT2D eigenvalue weighted by molar-refractivity contribution is 0.212. The van der Waals surface area contributed by atoms with Crippen LogP contribution in [0.4, 0.5) is 0 Å². The molecule has 4 heterocycles. The van der Waals surface area contributed by atoms with Crippen molar-refractivity contribution in [3.63, 3.8) is 0 Å². The summed E-state index contributed by atoms with van der Waals surface area (Å²) in [5.41, 5.74) is 5.24. The van der Waals surface area contributed by atoms with E-state index >= 15 is 0 Å². The number of nitrogens with zero attached hydrogens (tertiary/aromatic N) is 4. The second-order valence-electron chi connectivity index (χ2n) is 8.43. The van der Waals surface area contributed by atoms with E-state index in [4.69, 9.17) is 28.2 Å². The van der Waals surface area contributed by atoms with Crippen LogP contribution in [-0.4, -0.2) is 44.5 Å². The molecule has 1 aliphatic heterocycles. The van der Waals surface area contributed by atoms with Crippen LogP contribution in [0.1, 0.15) is 30.1 Å². The Morgan fingerprint density at radius 2 is 1.55 bits per heavy atom. The lowest BCUT2D eigenvalue weighted by atomic mass is 9.96. The maximum absolute atomic E-state index is 6.32. The van der Waals surface area contributed by atoms with Gasteiger partial charge in [0.1, 0.15) is 5.82 Å². The Labute approximate surface area is 203 Å². The van der Waals surface area contributed by atoms with Crippen LogP contribution in [0.2, 0.25) is 10.0 Å². The number of aromatic amines is 1. The van der Waals surface area contributed by atoms with Gasteiger partial charge in [0.05, 0.1) is 21.4 Å². The van der Waals surface area contributed by atoms with Crippen molar-refractivity contribution in [2.75, 3.05) is 19.6 Å². The fourth-order valence-corrected chi connectivity index (χ4v) is 4.73. The van der Waals surface area contributed by atoms with Gasteiger partial charge in [0, 0.05) is 48.4 Å². The summed E-state index contributed by atoms with van der Waals surface area (Å²) in [5.74, 6) is 1.44. The first-order valence-electron chi connectivity index (χ1n) is 11.2. The molecule has 0 amide bonds. The zero-order valence-corrected chi connectivity index (χ0v) is 19.7. The van der Waals surface area contributed by atoms with Gasteiger partial charge >= 0.3 is 0 Å². The molecule has 1 fully saturated rings. The molecule has 0 spiro atoms. The molecule has 33 heavy (non-hydrogen) atoms. The summed E-state index contributed by atoms with van der Waals surface area (Å²) in [7, 11) is 0. The van der Waals surface area contributed by atoms with E-state index in [2.05, 4.69) is 32.0 Å². The van der Waals surface area contributed by atoms with E-state index < -0.39 is 0 Å². The van der Waals surface area contributed by atoms with Crippen LogP contribution in [0, 0.1) is 0 Å². The minimum Gasteiger partial charge on any atom is -0.341 e. The van der Waals surface area contributed by atoms with Crippen LogP contribution in [0.15, 0.2) is 67.3 Å². The maximum atomic E-state index is 6.32. The van der Waals surface area contributed by atoms with Gasteiger partial charge in [-0.3, -0.25) is 9.97 Å². The number of likely N-dealkylation sites (tertiary alicyclic amines) is 1. The summed E-state index contributed by atoms with van der Waals surface area (Å²) < 4.78 is 0. The molecule has 0 aliphatic carbocycles. The van der Waals surface area contributed by atoms with Crippen molar-refractivity contribution in [2.24, 2.45) is 0 Å². The van der Waals surface area contributed by atoms with Crippen molar-refractivity contribution >= 4 is 23.2 Å². The van der Waals surface area contributed by atoms with Crippen molar-refractivity contribution < 1.29 is 0 Å². The molecule has 3 aromatic heterocycles. The summed E-state index contributed by atoms with van der Waals surface area (Å²) in [4.78, 5) is 19.5. The van der Waals surface area contributed by atoms with E-state index in [0.717, 1.165) is 67.2 Å². The van der Waals surface area contributed by atoms with E-state index in [-0.39, 0.29) is 0 Å². The zero-order valence-electron chi connectivity index (χ0n) is 18.2. The first-order chi connectivity index (χ1) is 16.2. The molecule has 0 atom stereocenters. The third-order valence-corrected chi connectivity index (χ3v) is 7.06. The van der Waals surface area contributed by atoms with Crippen LogP contribution in [-0.2, 0) is 6.42 Å². The quantitative estimate of drug-likeness (QED) is 0.355. The highest BCUT2D eigenvalue weighted by atomic mass is 35.5. The van der Waals surface area contributed by atoms with Gasteiger partial charge in [-0.2, -0.15) is 0 Å². The molecular weight excluding hydrogens is 453 g/mol. The number of aromatic nitrogens is 4. The van der Waals surface area contributed by atoms with E-state index in [1.54, 1.807) is 12.4 Å². The topological polar surface area (TPSA) is 57.7 Å². The highest BCUT2D eigenvalue weighted by Gasteiger charge is 2.25. The van der Waals surface area contributed by atoms with Crippen LogP contribution in [0.5, 0.6) is 0 Å². The van der Waals surface area contributed by atoms with Crippen molar-refractivity contribution in [1.82, 2.24) is 24.8 Å². The third kappa shape index (κ3) is 5.11. The first-order valence-corrected chi connectivity index (χ1v) is 12.0. The van der Waals surface area contributed by atoms with Crippen molar-refractivity contribution in [3.8, 4) is 22.5 Å². The van der Waals surface area contributed by atoms with Gasteiger partial charge in [0.25, 0.3) is 0 Å². The molecule has 1 N–H and O–H groups in total. The molecule has 5 rings (SSSR count). The molecule has 5 nitrogen and oxygen atoms in total. The fourth-order valence-electron chi connectivity index (χ4n) is 4.43. The Hall–Kier alpha value is -2.73. The predicted molar refractivity (Wildman–Crippen MR) is 134 cm³/mol. The second kappa shape index (κ2) is 10.0. The Kier molecular flexibility index (Phi) is 6.72. The summed E-state index contributed by atoms with van der Waals surface area (Å²) >= 11 is 12.5. The molecular formula is C26H25Cl2N5. The van der Waals surface area contributed by atoms with E-state index in [1.807, 2.05) is 42.7 Å². The lowest BCUT2D eigenvalue weighted by Crippen LogP contribution is -2.34. The van der Waals surface area contributed by atoms with E-state index in [0.29, 0.717) is 16.0 Å². The van der Waals surface area contributed by atoms with Gasteiger partial charge < -0.3 is 9.88 Å². The standard InChI is InChI=1S/C26H25Cl2N5/c27-22-2-1-21(17-23(22)28)25-24(19-5-12-30-13-6-19)31-26(32-25)20-8-15-33(16-9-20)14-7-18-3-10-29-11-4-18/h1-6,10-13,17,20H,7-9,14-16H2,(H,31,32). The number of imidazole rings is 1. The Morgan fingerprint density at radius 1 is 0.848 bits per heavy atom. The number of nitrogens with one attached hydrogen (secondary N) is 1. The normalized spacial score (nSPS) is 15.1. The summed E-state index contributed by atoms with van der Waals surface area (Å²) in [6, 6.07) is 13.9. The fraction of sp³-hybridized carbons (Fsp3) is 0.269. The Morgan fingerprint density at radius 3 is 2.24 bits per heavy atom. The van der Waals surface area contributed by atoms with Gasteiger partial charge in [-0.15, -0.1) is 0 Å². The average molecular weight is 478 g/mol. The SMILES string of the molecule is Clc1ccc(-c2nc(C3CCN(CCc4ccncc4)CC3)[nH]c2-c2ccncc2)cc1Cl. The van der Waals surface area contributed by atoms with Crippen LogP contribution in [0.3, 0.4) is 0 Å². The molecule has 1 aliphatic rings. The smallest absolute Gasteiger partial charge is 0.110 e. The molecule has 7 heteroatoms. The molecule has 168 valence electrons. The first kappa shape index (κ1) is 22.1. The van der Waals surface area contributed by atoms with Crippen LogP contribution in [0.25, 0.3) is 22.5 Å². The summed E-state index contributed by atoms with van der Waals surface area (Å²) in [5, 5.41) is 1.07. The van der Waals surface area contributed by atoms with Gasteiger partial charge in [0.15, 0.2) is 0 Å². The van der Waals surface area contributed by atoms with Gasteiger partial charge in [-0.1, -0.05) is 29.3 Å². The largest absolute Gasteiger partial charge is 0.341 e. The molecule has 0 radical (unpaired) electrons. The van der Waals surface area contributed by atoms with Crippen molar-refractivity contribution in [3.05, 3.63) is 88.7 Å². The summed E-state index contributed by atoms with van der Waals surface area (Å²) in [6.45, 7) is 3.22. The maximum Gasteiger partial charge on any atom is 0.110 e. The van der Waals surface area contributed by atoms with Crippen molar-refractivity contribution in [2.45, 2.75) is 25.2 Å².